The Hall–Kier alpha value is -1.35. The molecule has 2 rings (SSSR count). The van der Waals surface area contributed by atoms with Gasteiger partial charge in [-0.3, -0.25) is 4.79 Å². The number of rotatable bonds is 4. The summed E-state index contributed by atoms with van der Waals surface area (Å²) in [6, 6.07) is 6.01. The first kappa shape index (κ1) is 14.1. The van der Waals surface area contributed by atoms with Gasteiger partial charge >= 0.3 is 0 Å². The Morgan fingerprint density at radius 3 is 2.63 bits per heavy atom. The Balaban J connectivity index is 1.89. The van der Waals surface area contributed by atoms with E-state index in [1.54, 1.807) is 6.92 Å². The Morgan fingerprint density at radius 1 is 1.37 bits per heavy atom. The first-order valence-electron chi connectivity index (χ1n) is 7.10. The van der Waals surface area contributed by atoms with Gasteiger partial charge in [0.1, 0.15) is 0 Å². The highest BCUT2D eigenvalue weighted by atomic mass is 16.1. The fourth-order valence-electron chi connectivity index (χ4n) is 2.70. The number of carbonyl (C=O) groups excluding carboxylic acids is 1. The lowest BCUT2D eigenvalue weighted by Crippen LogP contribution is -2.32. The van der Waals surface area contributed by atoms with Gasteiger partial charge in [-0.2, -0.15) is 0 Å². The molecule has 19 heavy (non-hydrogen) atoms. The summed E-state index contributed by atoms with van der Waals surface area (Å²) < 4.78 is 0. The highest BCUT2D eigenvalue weighted by Crippen LogP contribution is 2.19. The average Bonchev–Trinajstić information content (AvgIpc) is 2.37. The maximum Gasteiger partial charge on any atom is 0.160 e. The standard InChI is InChI=1S/C16H24N2O/c1-12-10-15(4-5-16(12)13(2)19)17-11-14-6-8-18(3)9-7-14/h4-5,10,14,17H,6-9,11H2,1-3H3. The molecule has 1 saturated heterocycles. The summed E-state index contributed by atoms with van der Waals surface area (Å²) in [6.07, 6.45) is 2.54. The molecule has 1 aliphatic heterocycles. The van der Waals surface area contributed by atoms with Crippen LogP contribution in [0.5, 0.6) is 0 Å². The molecule has 0 aliphatic carbocycles. The average molecular weight is 260 g/mol. The molecule has 0 unspecified atom stereocenters. The lowest BCUT2D eigenvalue weighted by molar-refractivity contribution is 0.101. The molecule has 3 heteroatoms. The predicted molar refractivity (Wildman–Crippen MR) is 79.9 cm³/mol. The van der Waals surface area contributed by atoms with Crippen molar-refractivity contribution in [1.29, 1.82) is 0 Å². The maximum atomic E-state index is 11.4. The molecular weight excluding hydrogens is 236 g/mol. The zero-order valence-corrected chi connectivity index (χ0v) is 12.2. The monoisotopic (exact) mass is 260 g/mol. The summed E-state index contributed by atoms with van der Waals surface area (Å²) in [5.41, 5.74) is 3.01. The largest absolute Gasteiger partial charge is 0.385 e. The molecular formula is C16H24N2O. The molecule has 0 radical (unpaired) electrons. The zero-order chi connectivity index (χ0) is 13.8. The van der Waals surface area contributed by atoms with Crippen LogP contribution in [-0.2, 0) is 0 Å². The van der Waals surface area contributed by atoms with Crippen molar-refractivity contribution >= 4 is 11.5 Å². The van der Waals surface area contributed by atoms with Crippen LogP contribution >= 0.6 is 0 Å². The van der Waals surface area contributed by atoms with E-state index in [1.807, 2.05) is 19.1 Å². The smallest absolute Gasteiger partial charge is 0.160 e. The van der Waals surface area contributed by atoms with E-state index in [0.717, 1.165) is 29.3 Å². The number of aryl methyl sites for hydroxylation is 1. The molecule has 0 spiro atoms. The molecule has 1 fully saturated rings. The van der Waals surface area contributed by atoms with E-state index in [-0.39, 0.29) is 5.78 Å². The third kappa shape index (κ3) is 3.80. The van der Waals surface area contributed by atoms with Crippen LogP contribution in [0.15, 0.2) is 18.2 Å². The van der Waals surface area contributed by atoms with E-state index < -0.39 is 0 Å². The summed E-state index contributed by atoms with van der Waals surface area (Å²) in [5.74, 6) is 0.906. The van der Waals surface area contributed by atoms with Crippen LogP contribution in [0.4, 0.5) is 5.69 Å². The molecule has 104 valence electrons. The van der Waals surface area contributed by atoms with Crippen LogP contribution in [0, 0.1) is 12.8 Å². The van der Waals surface area contributed by atoms with Crippen molar-refractivity contribution in [3.8, 4) is 0 Å². The van der Waals surface area contributed by atoms with Gasteiger partial charge in [-0.05, 0) is 76.5 Å². The minimum absolute atomic E-state index is 0.138. The van der Waals surface area contributed by atoms with Gasteiger partial charge in [-0.15, -0.1) is 0 Å². The van der Waals surface area contributed by atoms with Gasteiger partial charge in [0.15, 0.2) is 5.78 Å². The summed E-state index contributed by atoms with van der Waals surface area (Å²) >= 11 is 0. The van der Waals surface area contributed by atoms with Crippen molar-refractivity contribution in [3.63, 3.8) is 0 Å². The number of anilines is 1. The molecule has 0 aromatic heterocycles. The minimum atomic E-state index is 0.138. The quantitative estimate of drug-likeness (QED) is 0.845. The molecule has 1 aromatic rings. The Morgan fingerprint density at radius 2 is 2.05 bits per heavy atom. The minimum Gasteiger partial charge on any atom is -0.385 e. The summed E-state index contributed by atoms with van der Waals surface area (Å²) in [6.45, 7) is 7.06. The SMILES string of the molecule is CC(=O)c1ccc(NCC2CCN(C)CC2)cc1C. The normalized spacial score (nSPS) is 17.4. The Labute approximate surface area is 116 Å². The van der Waals surface area contributed by atoms with Crippen molar-refractivity contribution in [3.05, 3.63) is 29.3 Å². The molecule has 1 N–H and O–H groups in total. The van der Waals surface area contributed by atoms with Crippen molar-refractivity contribution < 1.29 is 4.79 Å². The highest BCUT2D eigenvalue weighted by molar-refractivity contribution is 5.95. The maximum absolute atomic E-state index is 11.4. The number of Topliss-reactive ketones (excluding diaryl/α,β-unsaturated/α-hetero) is 1. The van der Waals surface area contributed by atoms with Crippen LogP contribution in [0.25, 0.3) is 0 Å². The number of piperidine rings is 1. The number of likely N-dealkylation sites (tertiary alicyclic amines) is 1. The Bertz CT molecular complexity index is 448. The number of nitrogens with zero attached hydrogens (tertiary/aromatic N) is 1. The number of nitrogens with one attached hydrogen (secondary N) is 1. The second-order valence-corrected chi connectivity index (χ2v) is 5.71. The third-order valence-electron chi connectivity index (χ3n) is 4.04. The van der Waals surface area contributed by atoms with Gasteiger partial charge in [-0.1, -0.05) is 0 Å². The number of hydrogen-bond acceptors (Lipinski definition) is 3. The predicted octanol–water partition coefficient (Wildman–Crippen LogP) is 2.95. The van der Waals surface area contributed by atoms with E-state index in [1.165, 1.54) is 25.9 Å². The van der Waals surface area contributed by atoms with Gasteiger partial charge in [-0.25, -0.2) is 0 Å². The van der Waals surface area contributed by atoms with Gasteiger partial charge in [0.25, 0.3) is 0 Å². The molecule has 0 bridgehead atoms. The second kappa shape index (κ2) is 6.20. The molecule has 0 saturated carbocycles. The van der Waals surface area contributed by atoms with Crippen LogP contribution in [-0.4, -0.2) is 37.4 Å². The highest BCUT2D eigenvalue weighted by Gasteiger charge is 2.16. The van der Waals surface area contributed by atoms with Gasteiger partial charge in [0, 0.05) is 17.8 Å². The summed E-state index contributed by atoms with van der Waals surface area (Å²) in [4.78, 5) is 13.8. The van der Waals surface area contributed by atoms with Gasteiger partial charge < -0.3 is 10.2 Å². The van der Waals surface area contributed by atoms with E-state index in [2.05, 4.69) is 23.3 Å². The van der Waals surface area contributed by atoms with E-state index in [4.69, 9.17) is 0 Å². The third-order valence-corrected chi connectivity index (χ3v) is 4.04. The zero-order valence-electron chi connectivity index (χ0n) is 12.2. The van der Waals surface area contributed by atoms with Crippen LogP contribution in [0.3, 0.4) is 0 Å². The van der Waals surface area contributed by atoms with Crippen LogP contribution in [0.2, 0.25) is 0 Å². The number of benzene rings is 1. The molecule has 3 nitrogen and oxygen atoms in total. The van der Waals surface area contributed by atoms with Gasteiger partial charge in [0.05, 0.1) is 0 Å². The van der Waals surface area contributed by atoms with E-state index in [0.29, 0.717) is 0 Å². The van der Waals surface area contributed by atoms with Crippen molar-refractivity contribution in [2.24, 2.45) is 5.92 Å². The molecule has 0 amide bonds. The summed E-state index contributed by atoms with van der Waals surface area (Å²) in [5, 5.41) is 3.51. The van der Waals surface area contributed by atoms with E-state index in [9.17, 15) is 4.79 Å². The fourth-order valence-corrected chi connectivity index (χ4v) is 2.70. The Kier molecular flexibility index (Phi) is 4.59. The van der Waals surface area contributed by atoms with Crippen molar-refractivity contribution in [2.75, 3.05) is 32.0 Å². The number of ketones is 1. The molecule has 1 heterocycles. The van der Waals surface area contributed by atoms with Crippen molar-refractivity contribution in [2.45, 2.75) is 26.7 Å². The van der Waals surface area contributed by atoms with Crippen LogP contribution < -0.4 is 5.32 Å². The van der Waals surface area contributed by atoms with Crippen molar-refractivity contribution in [1.82, 2.24) is 4.90 Å². The molecule has 1 aliphatic rings. The number of hydrogen-bond donors (Lipinski definition) is 1. The fraction of sp³-hybridized carbons (Fsp3) is 0.562. The first-order chi connectivity index (χ1) is 9.06. The molecule has 0 atom stereocenters. The number of carbonyl (C=O) groups is 1. The van der Waals surface area contributed by atoms with E-state index >= 15 is 0 Å². The molecule has 1 aromatic carbocycles. The topological polar surface area (TPSA) is 32.3 Å². The summed E-state index contributed by atoms with van der Waals surface area (Å²) in [7, 11) is 2.19. The lowest BCUT2D eigenvalue weighted by Gasteiger charge is -2.29. The second-order valence-electron chi connectivity index (χ2n) is 5.71. The lowest BCUT2D eigenvalue weighted by atomic mass is 9.97. The first-order valence-corrected chi connectivity index (χ1v) is 7.10. The van der Waals surface area contributed by atoms with Crippen LogP contribution in [0.1, 0.15) is 35.7 Å². The van der Waals surface area contributed by atoms with Gasteiger partial charge in [0.2, 0.25) is 0 Å².